The van der Waals surface area contributed by atoms with Crippen molar-refractivity contribution in [1.29, 1.82) is 0 Å². The fourth-order valence-corrected chi connectivity index (χ4v) is 2.67. The average molecular weight is 341 g/mol. The SMILES string of the molecule is Cc1nc2c(F)cc(Cc3cc(Cl)ccc3OC(F)F)cc2[nH]1. The van der Waals surface area contributed by atoms with Crippen LogP contribution in [0.2, 0.25) is 5.02 Å². The number of aromatic nitrogens is 2. The molecule has 0 aliphatic carbocycles. The minimum absolute atomic E-state index is 0.0192. The van der Waals surface area contributed by atoms with E-state index >= 15 is 0 Å². The zero-order valence-corrected chi connectivity index (χ0v) is 12.8. The highest BCUT2D eigenvalue weighted by atomic mass is 35.5. The van der Waals surface area contributed by atoms with Gasteiger partial charge in [0.15, 0.2) is 5.82 Å². The zero-order chi connectivity index (χ0) is 16.6. The van der Waals surface area contributed by atoms with Crippen LogP contribution in [0.5, 0.6) is 5.75 Å². The highest BCUT2D eigenvalue weighted by Crippen LogP contribution is 2.28. The van der Waals surface area contributed by atoms with Gasteiger partial charge >= 0.3 is 6.61 Å². The van der Waals surface area contributed by atoms with Gasteiger partial charge in [0.25, 0.3) is 0 Å². The molecule has 0 aliphatic rings. The lowest BCUT2D eigenvalue weighted by molar-refractivity contribution is -0.0503. The van der Waals surface area contributed by atoms with Gasteiger partial charge in [-0.3, -0.25) is 0 Å². The topological polar surface area (TPSA) is 37.9 Å². The van der Waals surface area contributed by atoms with Gasteiger partial charge in [0.1, 0.15) is 17.1 Å². The molecule has 7 heteroatoms. The standard InChI is InChI=1S/C16H12ClF3N2O/c1-8-21-13-6-9(5-12(18)15(13)22-8)4-10-7-11(17)2-3-14(10)23-16(19)20/h2-3,5-7,16H,4H2,1H3,(H,21,22). The first-order chi connectivity index (χ1) is 10.9. The van der Waals surface area contributed by atoms with Crippen LogP contribution in [0.3, 0.4) is 0 Å². The molecule has 3 rings (SSSR count). The Morgan fingerprint density at radius 1 is 1.26 bits per heavy atom. The lowest BCUT2D eigenvalue weighted by Gasteiger charge is -2.11. The van der Waals surface area contributed by atoms with Crippen LogP contribution in [0, 0.1) is 12.7 Å². The molecule has 23 heavy (non-hydrogen) atoms. The van der Waals surface area contributed by atoms with Gasteiger partial charge in [-0.05, 0) is 42.8 Å². The molecule has 2 aromatic carbocycles. The van der Waals surface area contributed by atoms with Crippen molar-refractivity contribution < 1.29 is 17.9 Å². The largest absolute Gasteiger partial charge is 0.435 e. The van der Waals surface area contributed by atoms with Crippen LogP contribution in [0.1, 0.15) is 17.0 Å². The summed E-state index contributed by atoms with van der Waals surface area (Å²) in [7, 11) is 0. The van der Waals surface area contributed by atoms with Crippen molar-refractivity contribution >= 4 is 22.6 Å². The molecular weight excluding hydrogens is 329 g/mol. The average Bonchev–Trinajstić information content (AvgIpc) is 2.82. The molecule has 1 heterocycles. The van der Waals surface area contributed by atoms with E-state index in [1.165, 1.54) is 24.3 Å². The summed E-state index contributed by atoms with van der Waals surface area (Å²) < 4.78 is 43.6. The molecule has 0 radical (unpaired) electrons. The lowest BCUT2D eigenvalue weighted by Crippen LogP contribution is -2.05. The van der Waals surface area contributed by atoms with Crippen LogP contribution in [-0.2, 0) is 6.42 Å². The van der Waals surface area contributed by atoms with Gasteiger partial charge in [0, 0.05) is 17.0 Å². The number of hydrogen-bond acceptors (Lipinski definition) is 2. The number of hydrogen-bond donors (Lipinski definition) is 1. The predicted octanol–water partition coefficient (Wildman–Crippen LogP) is 4.86. The van der Waals surface area contributed by atoms with Crippen LogP contribution in [0.15, 0.2) is 30.3 Å². The Morgan fingerprint density at radius 2 is 2.04 bits per heavy atom. The third-order valence-corrected chi connectivity index (χ3v) is 3.59. The van der Waals surface area contributed by atoms with Crippen LogP contribution in [0.25, 0.3) is 11.0 Å². The van der Waals surface area contributed by atoms with E-state index in [0.717, 1.165) is 0 Å². The zero-order valence-electron chi connectivity index (χ0n) is 12.0. The summed E-state index contributed by atoms with van der Waals surface area (Å²) in [4.78, 5) is 7.01. The quantitative estimate of drug-likeness (QED) is 0.736. The first-order valence-corrected chi connectivity index (χ1v) is 7.18. The van der Waals surface area contributed by atoms with Gasteiger partial charge in [0.05, 0.1) is 5.52 Å². The molecule has 0 saturated carbocycles. The number of nitrogens with one attached hydrogen (secondary N) is 1. The van der Waals surface area contributed by atoms with Gasteiger partial charge in [-0.25, -0.2) is 9.37 Å². The lowest BCUT2D eigenvalue weighted by atomic mass is 10.0. The Kier molecular flexibility index (Phi) is 4.17. The van der Waals surface area contributed by atoms with Crippen molar-refractivity contribution in [3.05, 3.63) is 58.1 Å². The summed E-state index contributed by atoms with van der Waals surface area (Å²) in [5.41, 5.74) is 1.85. The van der Waals surface area contributed by atoms with Crippen LogP contribution in [-0.4, -0.2) is 16.6 Å². The molecular formula is C16H12ClF3N2O. The summed E-state index contributed by atoms with van der Waals surface area (Å²) >= 11 is 5.92. The number of H-pyrrole nitrogens is 1. The van der Waals surface area contributed by atoms with E-state index in [4.69, 9.17) is 11.6 Å². The molecule has 0 spiro atoms. The normalized spacial score (nSPS) is 11.4. The van der Waals surface area contributed by atoms with Crippen molar-refractivity contribution in [3.63, 3.8) is 0 Å². The Hall–Kier alpha value is -2.21. The minimum atomic E-state index is -2.94. The van der Waals surface area contributed by atoms with Crippen LogP contribution >= 0.6 is 11.6 Å². The molecule has 0 aliphatic heterocycles. The fourth-order valence-electron chi connectivity index (χ4n) is 2.47. The molecule has 0 unspecified atom stereocenters. The number of halogens is 4. The van der Waals surface area contributed by atoms with Crippen LogP contribution < -0.4 is 4.74 Å². The van der Waals surface area contributed by atoms with E-state index in [1.54, 1.807) is 13.0 Å². The first-order valence-electron chi connectivity index (χ1n) is 6.80. The maximum Gasteiger partial charge on any atom is 0.387 e. The van der Waals surface area contributed by atoms with Crippen molar-refractivity contribution in [1.82, 2.24) is 9.97 Å². The second kappa shape index (κ2) is 6.12. The van der Waals surface area contributed by atoms with Gasteiger partial charge in [-0.2, -0.15) is 8.78 Å². The molecule has 0 atom stereocenters. The summed E-state index contributed by atoms with van der Waals surface area (Å²) in [6, 6.07) is 7.42. The fraction of sp³-hybridized carbons (Fsp3) is 0.188. The number of alkyl halides is 2. The molecule has 0 bridgehead atoms. The monoisotopic (exact) mass is 340 g/mol. The van der Waals surface area contributed by atoms with E-state index in [2.05, 4.69) is 14.7 Å². The highest BCUT2D eigenvalue weighted by Gasteiger charge is 2.13. The number of nitrogens with zero attached hydrogens (tertiary/aromatic N) is 1. The third kappa shape index (κ3) is 3.42. The number of rotatable bonds is 4. The molecule has 3 nitrogen and oxygen atoms in total. The van der Waals surface area contributed by atoms with Gasteiger partial charge in [-0.15, -0.1) is 0 Å². The van der Waals surface area contributed by atoms with Crippen molar-refractivity contribution in [3.8, 4) is 5.75 Å². The summed E-state index contributed by atoms with van der Waals surface area (Å²) in [6.45, 7) is -1.21. The summed E-state index contributed by atoms with van der Waals surface area (Å²) in [5, 5.41) is 0.389. The molecule has 0 saturated heterocycles. The Bertz CT molecular complexity index is 864. The third-order valence-electron chi connectivity index (χ3n) is 3.35. The molecule has 120 valence electrons. The molecule has 0 amide bonds. The minimum Gasteiger partial charge on any atom is -0.435 e. The van der Waals surface area contributed by atoms with Gasteiger partial charge < -0.3 is 9.72 Å². The number of aryl methyl sites for hydroxylation is 1. The Morgan fingerprint density at radius 3 is 2.78 bits per heavy atom. The Labute approximate surface area is 135 Å². The molecule has 1 aromatic heterocycles. The second-order valence-corrected chi connectivity index (χ2v) is 5.54. The second-order valence-electron chi connectivity index (χ2n) is 5.10. The first kappa shape index (κ1) is 15.7. The van der Waals surface area contributed by atoms with E-state index in [-0.39, 0.29) is 17.7 Å². The maximum atomic E-state index is 14.1. The van der Waals surface area contributed by atoms with E-state index in [9.17, 15) is 13.2 Å². The van der Waals surface area contributed by atoms with Crippen molar-refractivity contribution in [2.75, 3.05) is 0 Å². The predicted molar refractivity (Wildman–Crippen MR) is 81.7 cm³/mol. The maximum absolute atomic E-state index is 14.1. The summed E-state index contributed by atoms with van der Waals surface area (Å²) in [5.74, 6) is 0.145. The van der Waals surface area contributed by atoms with Crippen molar-refractivity contribution in [2.45, 2.75) is 20.0 Å². The van der Waals surface area contributed by atoms with Gasteiger partial charge in [0.2, 0.25) is 0 Å². The highest BCUT2D eigenvalue weighted by molar-refractivity contribution is 6.30. The van der Waals surface area contributed by atoms with Crippen LogP contribution in [0.4, 0.5) is 13.2 Å². The molecule has 1 N–H and O–H groups in total. The molecule has 3 aromatic rings. The van der Waals surface area contributed by atoms with E-state index < -0.39 is 12.4 Å². The van der Waals surface area contributed by atoms with Crippen molar-refractivity contribution in [2.24, 2.45) is 0 Å². The van der Waals surface area contributed by atoms with E-state index in [0.29, 0.717) is 27.5 Å². The smallest absolute Gasteiger partial charge is 0.387 e. The Balaban J connectivity index is 1.99. The molecule has 0 fully saturated rings. The number of benzene rings is 2. The number of ether oxygens (including phenoxy) is 1. The number of fused-ring (bicyclic) bond motifs is 1. The summed E-state index contributed by atoms with van der Waals surface area (Å²) in [6.07, 6.45) is 0.202. The van der Waals surface area contributed by atoms with E-state index in [1.807, 2.05) is 0 Å². The van der Waals surface area contributed by atoms with Gasteiger partial charge in [-0.1, -0.05) is 11.6 Å². The number of aromatic amines is 1. The number of imidazole rings is 1.